The molecule has 0 rings (SSSR count). The van der Waals surface area contributed by atoms with Gasteiger partial charge in [-0.15, -0.1) is 0 Å². The molecule has 0 saturated carbocycles. The zero-order valence-electron chi connectivity index (χ0n) is 5.47. The van der Waals surface area contributed by atoms with Crippen LogP contribution < -0.4 is 0 Å². The molecule has 1 N–H and O–H groups in total. The SMILES string of the molecule is O=C(O)C(S)C(=O)C(S)CS. The third-order valence-electron chi connectivity index (χ3n) is 1.00. The van der Waals surface area contributed by atoms with Gasteiger partial charge in [0.15, 0.2) is 11.0 Å². The second-order valence-electron chi connectivity index (χ2n) is 1.84. The van der Waals surface area contributed by atoms with Crippen LogP contribution in [0.1, 0.15) is 0 Å². The fourth-order valence-corrected chi connectivity index (χ4v) is 1.02. The van der Waals surface area contributed by atoms with E-state index in [1.807, 2.05) is 0 Å². The van der Waals surface area contributed by atoms with Crippen LogP contribution in [0.3, 0.4) is 0 Å². The molecule has 0 aromatic rings. The molecule has 0 saturated heterocycles. The second kappa shape index (κ2) is 4.95. The van der Waals surface area contributed by atoms with Crippen molar-refractivity contribution in [2.75, 3.05) is 5.75 Å². The van der Waals surface area contributed by atoms with E-state index in [2.05, 4.69) is 37.9 Å². The maximum Gasteiger partial charge on any atom is 0.324 e. The first kappa shape index (κ1) is 11.2. The lowest BCUT2D eigenvalue weighted by atomic mass is 10.2. The van der Waals surface area contributed by atoms with Gasteiger partial charge in [0.1, 0.15) is 0 Å². The highest BCUT2D eigenvalue weighted by Gasteiger charge is 2.26. The summed E-state index contributed by atoms with van der Waals surface area (Å²) in [5.41, 5.74) is 0. The molecule has 0 aromatic carbocycles. The van der Waals surface area contributed by atoms with E-state index in [0.717, 1.165) is 0 Å². The molecule has 2 atom stereocenters. The number of carboxylic acid groups (broad SMARTS) is 1. The Balaban J connectivity index is 4.13. The van der Waals surface area contributed by atoms with Crippen molar-refractivity contribution in [1.29, 1.82) is 0 Å². The summed E-state index contributed by atoms with van der Waals surface area (Å²) < 4.78 is 0. The van der Waals surface area contributed by atoms with Crippen molar-refractivity contribution in [3.8, 4) is 0 Å². The van der Waals surface area contributed by atoms with Crippen LogP contribution in [-0.2, 0) is 9.59 Å². The van der Waals surface area contributed by atoms with Gasteiger partial charge >= 0.3 is 5.97 Å². The number of carbonyl (C=O) groups excluding carboxylic acids is 1. The molecule has 0 fully saturated rings. The third kappa shape index (κ3) is 3.39. The predicted molar refractivity (Wildman–Crippen MR) is 52.0 cm³/mol. The number of carboxylic acids is 1. The molecule has 3 nitrogen and oxygen atoms in total. The number of rotatable bonds is 4. The van der Waals surface area contributed by atoms with Crippen molar-refractivity contribution < 1.29 is 14.7 Å². The van der Waals surface area contributed by atoms with Crippen LogP contribution in [0.25, 0.3) is 0 Å². The number of ketones is 1. The van der Waals surface area contributed by atoms with Crippen LogP contribution in [0.4, 0.5) is 0 Å². The Morgan fingerprint density at radius 3 is 2.09 bits per heavy atom. The first-order valence-corrected chi connectivity index (χ1v) is 4.40. The number of Topliss-reactive ketones (excluding diaryl/α,β-unsaturated/α-hetero) is 1. The standard InChI is InChI=1S/C5H8O3S3/c6-3(2(10)1-9)4(11)5(7)8/h2,4,9-11H,1H2,(H,7,8). The van der Waals surface area contributed by atoms with Crippen molar-refractivity contribution in [2.45, 2.75) is 10.5 Å². The summed E-state index contributed by atoms with van der Waals surface area (Å²) in [7, 11) is 0. The van der Waals surface area contributed by atoms with E-state index in [1.54, 1.807) is 0 Å². The van der Waals surface area contributed by atoms with E-state index in [9.17, 15) is 9.59 Å². The quantitative estimate of drug-likeness (QED) is 0.397. The van der Waals surface area contributed by atoms with Gasteiger partial charge < -0.3 is 5.11 Å². The van der Waals surface area contributed by atoms with Crippen LogP contribution in [0.5, 0.6) is 0 Å². The lowest BCUT2D eigenvalue weighted by Crippen LogP contribution is -2.32. The molecule has 6 heteroatoms. The van der Waals surface area contributed by atoms with Crippen molar-refractivity contribution in [3.63, 3.8) is 0 Å². The number of thiol groups is 3. The Morgan fingerprint density at radius 2 is 1.82 bits per heavy atom. The molecule has 0 aliphatic rings. The second-order valence-corrected chi connectivity index (χ2v) is 3.35. The lowest BCUT2D eigenvalue weighted by molar-refractivity contribution is -0.139. The van der Waals surface area contributed by atoms with E-state index in [0.29, 0.717) is 0 Å². The minimum atomic E-state index is -1.29. The van der Waals surface area contributed by atoms with E-state index in [-0.39, 0.29) is 5.75 Å². The average molecular weight is 212 g/mol. The zero-order chi connectivity index (χ0) is 9.02. The molecular formula is C5H8O3S3. The Hall–Kier alpha value is 0.190. The first-order chi connectivity index (χ1) is 5.00. The van der Waals surface area contributed by atoms with Crippen molar-refractivity contribution >= 4 is 49.6 Å². The van der Waals surface area contributed by atoms with Crippen LogP contribution in [0.15, 0.2) is 0 Å². The molecule has 64 valence electrons. The van der Waals surface area contributed by atoms with Gasteiger partial charge in [0.25, 0.3) is 0 Å². The third-order valence-corrected chi connectivity index (χ3v) is 2.57. The lowest BCUT2D eigenvalue weighted by Gasteiger charge is -2.08. The normalized spacial score (nSPS) is 15.5. The molecule has 0 radical (unpaired) electrons. The monoisotopic (exact) mass is 212 g/mol. The molecule has 11 heavy (non-hydrogen) atoms. The van der Waals surface area contributed by atoms with Gasteiger partial charge in [-0.2, -0.15) is 37.9 Å². The number of carbonyl (C=O) groups is 2. The molecule has 0 bridgehead atoms. The number of aliphatic carboxylic acids is 1. The molecule has 0 amide bonds. The minimum absolute atomic E-state index is 0.215. The van der Waals surface area contributed by atoms with Gasteiger partial charge in [0.05, 0.1) is 5.25 Å². The molecule has 0 heterocycles. The highest BCUT2D eigenvalue weighted by Crippen LogP contribution is 2.07. The molecule has 2 unspecified atom stereocenters. The van der Waals surface area contributed by atoms with Crippen LogP contribution in [-0.4, -0.2) is 33.1 Å². The van der Waals surface area contributed by atoms with Crippen molar-refractivity contribution in [3.05, 3.63) is 0 Å². The van der Waals surface area contributed by atoms with Gasteiger partial charge in [0, 0.05) is 5.75 Å². The van der Waals surface area contributed by atoms with Crippen LogP contribution in [0.2, 0.25) is 0 Å². The molecule has 0 aliphatic carbocycles. The minimum Gasteiger partial charge on any atom is -0.480 e. The summed E-state index contributed by atoms with van der Waals surface area (Å²) in [6.07, 6.45) is 0. The van der Waals surface area contributed by atoms with Gasteiger partial charge in [-0.25, -0.2) is 0 Å². The van der Waals surface area contributed by atoms with Gasteiger partial charge in [0.2, 0.25) is 0 Å². The molecule has 0 aromatic heterocycles. The molecule has 0 spiro atoms. The van der Waals surface area contributed by atoms with Crippen LogP contribution in [0, 0.1) is 0 Å². The van der Waals surface area contributed by atoms with Gasteiger partial charge in [-0.3, -0.25) is 9.59 Å². The smallest absolute Gasteiger partial charge is 0.324 e. The summed E-state index contributed by atoms with van der Waals surface area (Å²) in [6.45, 7) is 0. The Labute approximate surface area is 80.8 Å². The van der Waals surface area contributed by atoms with Gasteiger partial charge in [-0.05, 0) is 0 Å². The number of hydrogen-bond donors (Lipinski definition) is 4. The van der Waals surface area contributed by atoms with E-state index < -0.39 is 22.3 Å². The maximum absolute atomic E-state index is 10.9. The predicted octanol–water partition coefficient (Wildman–Crippen LogP) is 0.167. The summed E-state index contributed by atoms with van der Waals surface area (Å²) in [5.74, 6) is -1.56. The summed E-state index contributed by atoms with van der Waals surface area (Å²) in [6, 6.07) is 0. The van der Waals surface area contributed by atoms with Crippen LogP contribution >= 0.6 is 37.9 Å². The summed E-state index contributed by atoms with van der Waals surface area (Å²) in [4.78, 5) is 21.1. The fourth-order valence-electron chi connectivity index (χ4n) is 0.394. The zero-order valence-corrected chi connectivity index (χ0v) is 8.15. The fraction of sp³-hybridized carbons (Fsp3) is 0.600. The Morgan fingerprint density at radius 1 is 1.36 bits per heavy atom. The molecular weight excluding hydrogens is 204 g/mol. The molecule has 0 aliphatic heterocycles. The van der Waals surface area contributed by atoms with E-state index in [4.69, 9.17) is 5.11 Å². The van der Waals surface area contributed by atoms with Crippen molar-refractivity contribution in [1.82, 2.24) is 0 Å². The Kier molecular flexibility index (Phi) is 5.03. The van der Waals surface area contributed by atoms with E-state index >= 15 is 0 Å². The van der Waals surface area contributed by atoms with Crippen molar-refractivity contribution in [2.24, 2.45) is 0 Å². The number of hydrogen-bond acceptors (Lipinski definition) is 5. The average Bonchev–Trinajstić information content (AvgIpc) is 2.00. The topological polar surface area (TPSA) is 54.4 Å². The summed E-state index contributed by atoms with van der Waals surface area (Å²) in [5, 5.41) is 6.40. The maximum atomic E-state index is 10.9. The largest absolute Gasteiger partial charge is 0.480 e. The highest BCUT2D eigenvalue weighted by atomic mass is 32.1. The van der Waals surface area contributed by atoms with Gasteiger partial charge in [-0.1, -0.05) is 0 Å². The Bertz CT molecular complexity index is 170. The summed E-state index contributed by atoms with van der Waals surface area (Å²) >= 11 is 11.2. The van der Waals surface area contributed by atoms with E-state index in [1.165, 1.54) is 0 Å². The first-order valence-electron chi connectivity index (χ1n) is 2.74. The highest BCUT2D eigenvalue weighted by molar-refractivity contribution is 7.86.